The van der Waals surface area contributed by atoms with Crippen LogP contribution < -0.4 is 0 Å². The zero-order valence-corrected chi connectivity index (χ0v) is 9.22. The van der Waals surface area contributed by atoms with Gasteiger partial charge >= 0.3 is 0 Å². The van der Waals surface area contributed by atoms with Gasteiger partial charge in [-0.1, -0.05) is 12.1 Å². The molecule has 0 amide bonds. The van der Waals surface area contributed by atoms with Crippen molar-refractivity contribution in [1.29, 1.82) is 0 Å². The SMILES string of the molecule is Cn1cc(-c2ccc(O)cc2)c(C2CC2)n1. The van der Waals surface area contributed by atoms with Gasteiger partial charge in [-0.3, -0.25) is 4.68 Å². The van der Waals surface area contributed by atoms with E-state index in [4.69, 9.17) is 0 Å². The molecule has 1 aliphatic rings. The molecule has 1 heterocycles. The van der Waals surface area contributed by atoms with Crippen molar-refractivity contribution < 1.29 is 5.11 Å². The Hall–Kier alpha value is -1.77. The minimum absolute atomic E-state index is 0.306. The summed E-state index contributed by atoms with van der Waals surface area (Å²) in [5, 5.41) is 13.8. The first-order chi connectivity index (χ1) is 7.74. The molecular weight excluding hydrogens is 200 g/mol. The van der Waals surface area contributed by atoms with Crippen LogP contribution in [0.25, 0.3) is 11.1 Å². The Morgan fingerprint density at radius 3 is 2.56 bits per heavy atom. The Bertz CT molecular complexity index is 509. The number of aromatic nitrogens is 2. The highest BCUT2D eigenvalue weighted by molar-refractivity contribution is 5.67. The number of aromatic hydroxyl groups is 1. The van der Waals surface area contributed by atoms with Crippen LogP contribution >= 0.6 is 0 Å². The number of rotatable bonds is 2. The largest absolute Gasteiger partial charge is 0.508 e. The third-order valence-electron chi connectivity index (χ3n) is 3.00. The fraction of sp³-hybridized carbons (Fsp3) is 0.308. The van der Waals surface area contributed by atoms with Gasteiger partial charge < -0.3 is 5.11 Å². The topological polar surface area (TPSA) is 38.0 Å². The van der Waals surface area contributed by atoms with Gasteiger partial charge in [-0.25, -0.2) is 0 Å². The summed E-state index contributed by atoms with van der Waals surface area (Å²) in [6.07, 6.45) is 4.56. The first-order valence-corrected chi connectivity index (χ1v) is 5.57. The van der Waals surface area contributed by atoms with E-state index in [0.717, 1.165) is 5.56 Å². The smallest absolute Gasteiger partial charge is 0.115 e. The van der Waals surface area contributed by atoms with Crippen LogP contribution in [0.15, 0.2) is 30.5 Å². The van der Waals surface area contributed by atoms with Crippen molar-refractivity contribution >= 4 is 0 Å². The average Bonchev–Trinajstić information content (AvgIpc) is 3.04. The number of hydrogen-bond acceptors (Lipinski definition) is 2. The van der Waals surface area contributed by atoms with Gasteiger partial charge in [0.25, 0.3) is 0 Å². The zero-order chi connectivity index (χ0) is 11.1. The van der Waals surface area contributed by atoms with Crippen molar-refractivity contribution in [1.82, 2.24) is 9.78 Å². The minimum Gasteiger partial charge on any atom is -0.508 e. The van der Waals surface area contributed by atoms with Gasteiger partial charge in [-0.2, -0.15) is 5.10 Å². The van der Waals surface area contributed by atoms with Crippen molar-refractivity contribution in [3.63, 3.8) is 0 Å². The van der Waals surface area contributed by atoms with Gasteiger partial charge in [-0.05, 0) is 30.5 Å². The quantitative estimate of drug-likeness (QED) is 0.834. The van der Waals surface area contributed by atoms with E-state index in [9.17, 15) is 5.11 Å². The lowest BCUT2D eigenvalue weighted by Gasteiger charge is -2.00. The summed E-state index contributed by atoms with van der Waals surface area (Å²) in [6, 6.07) is 7.33. The van der Waals surface area contributed by atoms with Crippen LogP contribution in [-0.2, 0) is 7.05 Å². The molecule has 0 bridgehead atoms. The van der Waals surface area contributed by atoms with Gasteiger partial charge in [0.1, 0.15) is 5.75 Å². The molecule has 0 unspecified atom stereocenters. The van der Waals surface area contributed by atoms with Gasteiger partial charge in [0, 0.05) is 24.7 Å². The first kappa shape index (κ1) is 9.46. The van der Waals surface area contributed by atoms with E-state index in [1.807, 2.05) is 23.9 Å². The van der Waals surface area contributed by atoms with Crippen LogP contribution in [0.4, 0.5) is 0 Å². The van der Waals surface area contributed by atoms with Crippen LogP contribution in [0, 0.1) is 0 Å². The summed E-state index contributed by atoms with van der Waals surface area (Å²) in [7, 11) is 1.95. The van der Waals surface area contributed by atoms with Gasteiger partial charge in [0.15, 0.2) is 0 Å². The third-order valence-corrected chi connectivity index (χ3v) is 3.00. The normalized spacial score (nSPS) is 15.3. The maximum Gasteiger partial charge on any atom is 0.115 e. The molecule has 1 fully saturated rings. The summed E-state index contributed by atoms with van der Waals surface area (Å²) in [6.45, 7) is 0. The predicted molar refractivity (Wildman–Crippen MR) is 62.3 cm³/mol. The molecule has 1 aromatic heterocycles. The molecule has 0 aliphatic heterocycles. The molecule has 0 spiro atoms. The highest BCUT2D eigenvalue weighted by atomic mass is 16.3. The molecule has 0 radical (unpaired) electrons. The fourth-order valence-electron chi connectivity index (χ4n) is 2.03. The van der Waals surface area contributed by atoms with Gasteiger partial charge in [0.2, 0.25) is 0 Å². The van der Waals surface area contributed by atoms with E-state index >= 15 is 0 Å². The zero-order valence-electron chi connectivity index (χ0n) is 9.22. The molecule has 1 aliphatic carbocycles. The van der Waals surface area contributed by atoms with Gasteiger partial charge in [-0.15, -0.1) is 0 Å². The van der Waals surface area contributed by atoms with Crippen molar-refractivity contribution in [3.05, 3.63) is 36.2 Å². The van der Waals surface area contributed by atoms with Crippen LogP contribution in [0.5, 0.6) is 5.75 Å². The van der Waals surface area contributed by atoms with Crippen LogP contribution in [0.2, 0.25) is 0 Å². The fourth-order valence-corrected chi connectivity index (χ4v) is 2.03. The summed E-state index contributed by atoms with van der Waals surface area (Å²) < 4.78 is 1.87. The molecular formula is C13H14N2O. The molecule has 82 valence electrons. The molecule has 1 aromatic carbocycles. The van der Waals surface area contributed by atoms with Crippen molar-refractivity contribution in [2.45, 2.75) is 18.8 Å². The summed E-state index contributed by atoms with van der Waals surface area (Å²) in [5.74, 6) is 0.950. The van der Waals surface area contributed by atoms with Crippen LogP contribution in [-0.4, -0.2) is 14.9 Å². The Morgan fingerprint density at radius 1 is 1.25 bits per heavy atom. The summed E-state index contributed by atoms with van der Waals surface area (Å²) >= 11 is 0. The van der Waals surface area contributed by atoms with Crippen molar-refractivity contribution in [2.24, 2.45) is 7.05 Å². The monoisotopic (exact) mass is 214 g/mol. The highest BCUT2D eigenvalue weighted by Gasteiger charge is 2.29. The Labute approximate surface area is 94.3 Å². The number of benzene rings is 1. The van der Waals surface area contributed by atoms with Crippen LogP contribution in [0.1, 0.15) is 24.5 Å². The standard InChI is InChI=1S/C13H14N2O/c1-15-8-12(13(14-15)10-2-3-10)9-4-6-11(16)7-5-9/h4-8,10,16H,2-3H2,1H3. The Morgan fingerprint density at radius 2 is 1.94 bits per heavy atom. The van der Waals surface area contributed by atoms with E-state index in [1.165, 1.54) is 24.1 Å². The maximum absolute atomic E-state index is 9.28. The second-order valence-corrected chi connectivity index (χ2v) is 4.42. The van der Waals surface area contributed by atoms with E-state index in [1.54, 1.807) is 12.1 Å². The number of phenolic OH excluding ortho intramolecular Hbond substituents is 1. The molecule has 2 aromatic rings. The Kier molecular flexibility index (Phi) is 1.99. The third kappa shape index (κ3) is 1.58. The van der Waals surface area contributed by atoms with E-state index in [-0.39, 0.29) is 0 Å². The van der Waals surface area contributed by atoms with Crippen molar-refractivity contribution in [2.75, 3.05) is 0 Å². The second-order valence-electron chi connectivity index (χ2n) is 4.42. The number of aryl methyl sites for hydroxylation is 1. The molecule has 1 saturated carbocycles. The van der Waals surface area contributed by atoms with Crippen LogP contribution in [0.3, 0.4) is 0 Å². The molecule has 16 heavy (non-hydrogen) atoms. The number of nitrogens with zero attached hydrogens (tertiary/aromatic N) is 2. The predicted octanol–water partition coefficient (Wildman–Crippen LogP) is 2.67. The molecule has 0 saturated heterocycles. The number of phenols is 1. The van der Waals surface area contributed by atoms with E-state index < -0.39 is 0 Å². The Balaban J connectivity index is 2.07. The average molecular weight is 214 g/mol. The first-order valence-electron chi connectivity index (χ1n) is 5.57. The molecule has 3 nitrogen and oxygen atoms in total. The van der Waals surface area contributed by atoms with E-state index in [2.05, 4.69) is 11.3 Å². The summed E-state index contributed by atoms with van der Waals surface area (Å²) in [5.41, 5.74) is 3.53. The highest BCUT2D eigenvalue weighted by Crippen LogP contribution is 2.43. The van der Waals surface area contributed by atoms with Crippen molar-refractivity contribution in [3.8, 4) is 16.9 Å². The number of hydrogen-bond donors (Lipinski definition) is 1. The molecule has 1 N–H and O–H groups in total. The molecule has 3 rings (SSSR count). The summed E-state index contributed by atoms with van der Waals surface area (Å²) in [4.78, 5) is 0. The molecule has 0 atom stereocenters. The second kappa shape index (κ2) is 3.37. The van der Waals surface area contributed by atoms with E-state index in [0.29, 0.717) is 11.7 Å². The molecule has 3 heteroatoms. The van der Waals surface area contributed by atoms with Gasteiger partial charge in [0.05, 0.1) is 5.69 Å². The maximum atomic E-state index is 9.28. The lowest BCUT2D eigenvalue weighted by Crippen LogP contribution is -1.89. The lowest BCUT2D eigenvalue weighted by molar-refractivity contribution is 0.475. The lowest BCUT2D eigenvalue weighted by atomic mass is 10.0. The minimum atomic E-state index is 0.306.